The number of esters is 1. The molecular formula is C13H12FNO2S. The number of aryl methyl sites for hydroxylation is 2. The van der Waals surface area contributed by atoms with Crippen molar-refractivity contribution in [2.75, 3.05) is 7.11 Å². The first-order valence-electron chi connectivity index (χ1n) is 5.35. The molecule has 0 fully saturated rings. The highest BCUT2D eigenvalue weighted by Gasteiger charge is 2.18. The van der Waals surface area contributed by atoms with E-state index in [-0.39, 0.29) is 11.5 Å². The normalized spacial score (nSPS) is 10.4. The summed E-state index contributed by atoms with van der Waals surface area (Å²) >= 11 is 1.28. The van der Waals surface area contributed by atoms with Crippen molar-refractivity contribution in [1.82, 2.24) is 4.98 Å². The number of nitrogens with zero attached hydrogens (tertiary/aromatic N) is 1. The predicted molar refractivity (Wildman–Crippen MR) is 68.3 cm³/mol. The summed E-state index contributed by atoms with van der Waals surface area (Å²) in [5.74, 6) is -0.800. The minimum Gasteiger partial charge on any atom is -0.464 e. The number of carbonyl (C=O) groups excluding carboxylic acids is 1. The van der Waals surface area contributed by atoms with Gasteiger partial charge in [0.05, 0.1) is 7.11 Å². The van der Waals surface area contributed by atoms with Gasteiger partial charge >= 0.3 is 5.97 Å². The van der Waals surface area contributed by atoms with E-state index in [1.807, 2.05) is 0 Å². The second-order valence-electron chi connectivity index (χ2n) is 3.85. The average molecular weight is 265 g/mol. The third kappa shape index (κ3) is 2.13. The van der Waals surface area contributed by atoms with E-state index in [1.165, 1.54) is 18.4 Å². The second kappa shape index (κ2) is 4.86. The fourth-order valence-corrected chi connectivity index (χ4v) is 2.53. The molecule has 5 heteroatoms. The molecule has 0 amide bonds. The molecule has 2 aromatic rings. The summed E-state index contributed by atoms with van der Waals surface area (Å²) in [6, 6.07) is 5.12. The quantitative estimate of drug-likeness (QED) is 0.782. The number of aromatic nitrogens is 1. The zero-order valence-electron chi connectivity index (χ0n) is 10.3. The molecule has 18 heavy (non-hydrogen) atoms. The molecule has 1 aromatic heterocycles. The topological polar surface area (TPSA) is 39.2 Å². The van der Waals surface area contributed by atoms with E-state index in [0.29, 0.717) is 16.1 Å². The maximum absolute atomic E-state index is 14.0. The summed E-state index contributed by atoms with van der Waals surface area (Å²) < 4.78 is 18.6. The Hall–Kier alpha value is -1.75. The van der Waals surface area contributed by atoms with Crippen LogP contribution in [0.15, 0.2) is 18.2 Å². The van der Waals surface area contributed by atoms with E-state index < -0.39 is 5.97 Å². The number of benzene rings is 1. The van der Waals surface area contributed by atoms with Gasteiger partial charge < -0.3 is 4.74 Å². The van der Waals surface area contributed by atoms with Gasteiger partial charge in [-0.3, -0.25) is 0 Å². The number of rotatable bonds is 2. The molecule has 0 aliphatic carbocycles. The van der Waals surface area contributed by atoms with Crippen LogP contribution in [0.25, 0.3) is 10.6 Å². The summed E-state index contributed by atoms with van der Waals surface area (Å²) in [5, 5.41) is 0.495. The maximum Gasteiger partial charge on any atom is 0.357 e. The Morgan fingerprint density at radius 1 is 1.39 bits per heavy atom. The van der Waals surface area contributed by atoms with E-state index in [1.54, 1.807) is 32.0 Å². The van der Waals surface area contributed by atoms with Crippen LogP contribution in [0.5, 0.6) is 0 Å². The fraction of sp³-hybridized carbons (Fsp3) is 0.231. The van der Waals surface area contributed by atoms with E-state index >= 15 is 0 Å². The first-order chi connectivity index (χ1) is 8.54. The van der Waals surface area contributed by atoms with Gasteiger partial charge in [-0.1, -0.05) is 12.1 Å². The number of methoxy groups -OCH3 is 1. The minimum absolute atomic E-state index is 0.249. The Bertz CT molecular complexity index is 607. The van der Waals surface area contributed by atoms with Gasteiger partial charge in [-0.25, -0.2) is 14.2 Å². The van der Waals surface area contributed by atoms with Crippen molar-refractivity contribution in [3.63, 3.8) is 0 Å². The molecule has 2 rings (SSSR count). The van der Waals surface area contributed by atoms with Gasteiger partial charge in [-0.2, -0.15) is 0 Å². The van der Waals surface area contributed by atoms with Crippen molar-refractivity contribution in [3.8, 4) is 10.6 Å². The molecule has 0 saturated carbocycles. The number of thiazole rings is 1. The number of ether oxygens (including phenoxy) is 1. The van der Waals surface area contributed by atoms with Crippen LogP contribution in [0.3, 0.4) is 0 Å². The van der Waals surface area contributed by atoms with Crippen molar-refractivity contribution in [2.24, 2.45) is 0 Å². The van der Waals surface area contributed by atoms with Crippen LogP contribution in [-0.2, 0) is 4.74 Å². The highest BCUT2D eigenvalue weighted by atomic mass is 32.1. The largest absolute Gasteiger partial charge is 0.464 e. The highest BCUT2D eigenvalue weighted by Crippen LogP contribution is 2.30. The van der Waals surface area contributed by atoms with Crippen LogP contribution < -0.4 is 0 Å². The smallest absolute Gasteiger partial charge is 0.357 e. The average Bonchev–Trinajstić information content (AvgIpc) is 2.73. The molecule has 0 bridgehead atoms. The van der Waals surface area contributed by atoms with Crippen LogP contribution in [0.4, 0.5) is 4.39 Å². The van der Waals surface area contributed by atoms with Crippen molar-refractivity contribution >= 4 is 17.3 Å². The Morgan fingerprint density at radius 2 is 2.11 bits per heavy atom. The molecule has 0 N–H and O–H groups in total. The fourth-order valence-electron chi connectivity index (χ4n) is 1.61. The number of carbonyl (C=O) groups is 1. The lowest BCUT2D eigenvalue weighted by Crippen LogP contribution is -2.03. The maximum atomic E-state index is 14.0. The molecule has 94 valence electrons. The molecule has 0 radical (unpaired) electrons. The third-order valence-electron chi connectivity index (χ3n) is 2.60. The lowest BCUT2D eigenvalue weighted by atomic mass is 10.1. The second-order valence-corrected chi connectivity index (χ2v) is 5.06. The lowest BCUT2D eigenvalue weighted by molar-refractivity contribution is 0.0594. The first kappa shape index (κ1) is 12.7. The molecule has 0 aliphatic rings. The summed E-state index contributed by atoms with van der Waals surface area (Å²) in [4.78, 5) is 16.3. The minimum atomic E-state index is -0.497. The van der Waals surface area contributed by atoms with Gasteiger partial charge in [0.25, 0.3) is 0 Å². The molecule has 0 unspecified atom stereocenters. The monoisotopic (exact) mass is 265 g/mol. The molecular weight excluding hydrogens is 253 g/mol. The highest BCUT2D eigenvalue weighted by molar-refractivity contribution is 7.15. The lowest BCUT2D eigenvalue weighted by Gasteiger charge is -2.01. The number of halogens is 1. The van der Waals surface area contributed by atoms with Crippen molar-refractivity contribution in [1.29, 1.82) is 0 Å². The first-order valence-corrected chi connectivity index (χ1v) is 6.17. The molecule has 1 aromatic carbocycles. The van der Waals surface area contributed by atoms with Gasteiger partial charge in [0, 0.05) is 10.4 Å². The molecule has 3 nitrogen and oxygen atoms in total. The molecule has 0 aliphatic heterocycles. The number of hydrogen-bond acceptors (Lipinski definition) is 4. The van der Waals surface area contributed by atoms with Gasteiger partial charge in [-0.15, -0.1) is 11.3 Å². The van der Waals surface area contributed by atoms with Gasteiger partial charge in [-0.05, 0) is 25.5 Å². The SMILES string of the molecule is COC(=O)c1nc(-c2cccc(C)c2F)sc1C. The molecule has 0 atom stereocenters. The summed E-state index contributed by atoms with van der Waals surface area (Å²) in [6.45, 7) is 3.46. The zero-order valence-corrected chi connectivity index (χ0v) is 11.1. The van der Waals surface area contributed by atoms with Crippen LogP contribution in [0, 0.1) is 19.7 Å². The standard InChI is InChI=1S/C13H12FNO2S/c1-7-5-4-6-9(10(7)14)12-15-11(8(2)18-12)13(16)17-3/h4-6H,1-3H3. The van der Waals surface area contributed by atoms with E-state index in [0.717, 1.165) is 4.88 Å². The van der Waals surface area contributed by atoms with Crippen molar-refractivity contribution < 1.29 is 13.9 Å². The van der Waals surface area contributed by atoms with E-state index in [4.69, 9.17) is 0 Å². The summed E-state index contributed by atoms with van der Waals surface area (Å²) in [6.07, 6.45) is 0. The molecule has 0 saturated heterocycles. The van der Waals surface area contributed by atoms with Crippen LogP contribution in [-0.4, -0.2) is 18.1 Å². The molecule has 0 spiro atoms. The van der Waals surface area contributed by atoms with Gasteiger partial charge in [0.2, 0.25) is 0 Å². The summed E-state index contributed by atoms with van der Waals surface area (Å²) in [7, 11) is 1.30. The van der Waals surface area contributed by atoms with Crippen molar-refractivity contribution in [2.45, 2.75) is 13.8 Å². The Morgan fingerprint density at radius 3 is 2.78 bits per heavy atom. The Kier molecular flexibility index (Phi) is 3.43. The van der Waals surface area contributed by atoms with Crippen LogP contribution >= 0.6 is 11.3 Å². The van der Waals surface area contributed by atoms with Crippen molar-refractivity contribution in [3.05, 3.63) is 40.2 Å². The van der Waals surface area contributed by atoms with Gasteiger partial charge in [0.1, 0.15) is 10.8 Å². The van der Waals surface area contributed by atoms with E-state index in [2.05, 4.69) is 9.72 Å². The van der Waals surface area contributed by atoms with E-state index in [9.17, 15) is 9.18 Å². The molecule has 1 heterocycles. The number of hydrogen-bond donors (Lipinski definition) is 0. The van der Waals surface area contributed by atoms with Gasteiger partial charge in [0.15, 0.2) is 5.69 Å². The predicted octanol–water partition coefficient (Wildman–Crippen LogP) is 3.35. The Labute approximate surface area is 108 Å². The van der Waals surface area contributed by atoms with Crippen LogP contribution in [0.2, 0.25) is 0 Å². The zero-order chi connectivity index (χ0) is 13.3. The summed E-state index contributed by atoms with van der Waals surface area (Å²) in [5.41, 5.74) is 1.22. The van der Waals surface area contributed by atoms with Crippen LogP contribution in [0.1, 0.15) is 20.9 Å². The Balaban J connectivity index is 2.53. The third-order valence-corrected chi connectivity index (χ3v) is 3.60.